The first-order valence-corrected chi connectivity index (χ1v) is 6.34. The molecule has 94 valence electrons. The fourth-order valence-electron chi connectivity index (χ4n) is 1.66. The molecule has 0 bridgehead atoms. The van der Waals surface area contributed by atoms with Crippen LogP contribution in [-0.2, 0) is 0 Å². The summed E-state index contributed by atoms with van der Waals surface area (Å²) in [4.78, 5) is 8.71. The van der Waals surface area contributed by atoms with Crippen molar-refractivity contribution in [2.24, 2.45) is 5.92 Å². The summed E-state index contributed by atoms with van der Waals surface area (Å²) in [5, 5.41) is 0. The number of hydrogen-bond acceptors (Lipinski definition) is 4. The average Bonchev–Trinajstić information content (AvgIpc) is 3.07. The van der Waals surface area contributed by atoms with Crippen LogP contribution in [0.1, 0.15) is 50.4 Å². The molecule has 0 aliphatic heterocycles. The first-order valence-electron chi connectivity index (χ1n) is 6.34. The van der Waals surface area contributed by atoms with Crippen molar-refractivity contribution in [3.63, 3.8) is 0 Å². The Balaban J connectivity index is 2.06. The van der Waals surface area contributed by atoms with E-state index in [1.165, 1.54) is 12.8 Å². The fraction of sp³-hybridized carbons (Fsp3) is 0.692. The Morgan fingerprint density at radius 2 is 2.06 bits per heavy atom. The van der Waals surface area contributed by atoms with Crippen LogP contribution in [0.2, 0.25) is 0 Å². The summed E-state index contributed by atoms with van der Waals surface area (Å²) in [5.41, 5.74) is 6.72. The van der Waals surface area contributed by atoms with E-state index < -0.39 is 0 Å². The number of nitrogens with zero attached hydrogens (tertiary/aromatic N) is 2. The van der Waals surface area contributed by atoms with E-state index in [4.69, 9.17) is 10.5 Å². The highest BCUT2D eigenvalue weighted by Crippen LogP contribution is 2.32. The predicted octanol–water partition coefficient (Wildman–Crippen LogP) is 2.67. The van der Waals surface area contributed by atoms with Gasteiger partial charge in [0.1, 0.15) is 11.6 Å². The van der Waals surface area contributed by atoms with Crippen LogP contribution in [0.3, 0.4) is 0 Å². The van der Waals surface area contributed by atoms with Gasteiger partial charge in [0, 0.05) is 5.92 Å². The van der Waals surface area contributed by atoms with Gasteiger partial charge in [0.25, 0.3) is 0 Å². The Bertz CT molecular complexity index is 400. The van der Waals surface area contributed by atoms with E-state index in [0.717, 1.165) is 30.3 Å². The zero-order valence-corrected chi connectivity index (χ0v) is 10.9. The number of ether oxygens (including phenoxy) is 1. The van der Waals surface area contributed by atoms with Gasteiger partial charge < -0.3 is 10.5 Å². The lowest BCUT2D eigenvalue weighted by atomic mass is 10.2. The van der Waals surface area contributed by atoms with Gasteiger partial charge in [0.05, 0.1) is 12.2 Å². The number of rotatable bonds is 5. The molecule has 0 aromatic carbocycles. The highest BCUT2D eigenvalue weighted by Gasteiger charge is 2.21. The minimum Gasteiger partial charge on any atom is -0.477 e. The molecular formula is C13H21N3O. The van der Waals surface area contributed by atoms with E-state index in [1.54, 1.807) is 0 Å². The molecular weight excluding hydrogens is 214 g/mol. The van der Waals surface area contributed by atoms with Gasteiger partial charge in [-0.1, -0.05) is 26.7 Å². The topological polar surface area (TPSA) is 61.0 Å². The molecule has 1 aliphatic rings. The molecule has 2 rings (SSSR count). The summed E-state index contributed by atoms with van der Waals surface area (Å²) in [7, 11) is 0. The van der Waals surface area contributed by atoms with Gasteiger partial charge >= 0.3 is 0 Å². The second kappa shape index (κ2) is 4.90. The monoisotopic (exact) mass is 235 g/mol. The number of aromatic nitrogens is 2. The predicted molar refractivity (Wildman–Crippen MR) is 68.1 cm³/mol. The minimum absolute atomic E-state index is 0.267. The van der Waals surface area contributed by atoms with Crippen LogP contribution < -0.4 is 10.5 Å². The maximum atomic E-state index is 5.87. The van der Waals surface area contributed by atoms with Gasteiger partial charge in [-0.05, 0) is 19.3 Å². The average molecular weight is 235 g/mol. The lowest BCUT2D eigenvalue weighted by molar-refractivity contribution is 0.287. The molecule has 4 nitrogen and oxygen atoms in total. The molecule has 1 heterocycles. The maximum Gasteiger partial charge on any atom is 0.221 e. The Hall–Kier alpha value is -1.32. The molecule has 4 heteroatoms. The Labute approximate surface area is 103 Å². The second-order valence-electron chi connectivity index (χ2n) is 5.13. The van der Waals surface area contributed by atoms with Crippen molar-refractivity contribution in [2.45, 2.75) is 46.0 Å². The van der Waals surface area contributed by atoms with Crippen LogP contribution in [0, 0.1) is 12.8 Å². The molecule has 17 heavy (non-hydrogen) atoms. The van der Waals surface area contributed by atoms with Crippen molar-refractivity contribution >= 4 is 5.82 Å². The Morgan fingerprint density at radius 1 is 1.35 bits per heavy atom. The van der Waals surface area contributed by atoms with E-state index in [0.29, 0.717) is 11.7 Å². The van der Waals surface area contributed by atoms with Crippen LogP contribution in [0.25, 0.3) is 0 Å². The SMILES string of the molecule is Cc1c(N)nc(C(C)C)nc1OCCC1CC1. The largest absolute Gasteiger partial charge is 0.477 e. The van der Waals surface area contributed by atoms with Crippen molar-refractivity contribution in [1.29, 1.82) is 0 Å². The van der Waals surface area contributed by atoms with Crippen LogP contribution in [0.5, 0.6) is 5.88 Å². The van der Waals surface area contributed by atoms with Crippen molar-refractivity contribution in [1.82, 2.24) is 9.97 Å². The van der Waals surface area contributed by atoms with E-state index in [1.807, 2.05) is 6.92 Å². The molecule has 1 aromatic rings. The Kier molecular flexibility index (Phi) is 3.50. The van der Waals surface area contributed by atoms with Crippen molar-refractivity contribution in [3.05, 3.63) is 11.4 Å². The smallest absolute Gasteiger partial charge is 0.221 e. The van der Waals surface area contributed by atoms with E-state index in [2.05, 4.69) is 23.8 Å². The quantitative estimate of drug-likeness (QED) is 0.852. The summed E-state index contributed by atoms with van der Waals surface area (Å²) in [6.45, 7) is 6.75. The van der Waals surface area contributed by atoms with E-state index in [-0.39, 0.29) is 5.92 Å². The summed E-state index contributed by atoms with van der Waals surface area (Å²) in [6, 6.07) is 0. The summed E-state index contributed by atoms with van der Waals surface area (Å²) >= 11 is 0. The summed E-state index contributed by atoms with van der Waals surface area (Å²) < 4.78 is 5.73. The fourth-order valence-corrected chi connectivity index (χ4v) is 1.66. The summed E-state index contributed by atoms with van der Waals surface area (Å²) in [6.07, 6.45) is 3.83. The number of hydrogen-bond donors (Lipinski definition) is 1. The second-order valence-corrected chi connectivity index (χ2v) is 5.13. The molecule has 1 fully saturated rings. The third-order valence-corrected chi connectivity index (χ3v) is 3.13. The first-order chi connectivity index (χ1) is 8.08. The Morgan fingerprint density at radius 3 is 2.65 bits per heavy atom. The lowest BCUT2D eigenvalue weighted by Crippen LogP contribution is -2.09. The molecule has 1 saturated carbocycles. The number of nitrogen functional groups attached to an aromatic ring is 1. The van der Waals surface area contributed by atoms with Gasteiger partial charge in [-0.15, -0.1) is 0 Å². The van der Waals surface area contributed by atoms with Gasteiger partial charge in [0.2, 0.25) is 5.88 Å². The van der Waals surface area contributed by atoms with Gasteiger partial charge in [-0.3, -0.25) is 0 Å². The van der Waals surface area contributed by atoms with Crippen molar-refractivity contribution in [3.8, 4) is 5.88 Å². The normalized spacial score (nSPS) is 15.3. The molecule has 0 amide bonds. The van der Waals surface area contributed by atoms with Crippen molar-refractivity contribution in [2.75, 3.05) is 12.3 Å². The molecule has 2 N–H and O–H groups in total. The molecule has 0 unspecified atom stereocenters. The zero-order chi connectivity index (χ0) is 12.4. The van der Waals surface area contributed by atoms with Gasteiger partial charge in [-0.2, -0.15) is 4.98 Å². The maximum absolute atomic E-state index is 5.87. The third-order valence-electron chi connectivity index (χ3n) is 3.13. The minimum atomic E-state index is 0.267. The van der Waals surface area contributed by atoms with E-state index >= 15 is 0 Å². The van der Waals surface area contributed by atoms with Crippen LogP contribution in [-0.4, -0.2) is 16.6 Å². The molecule has 1 aromatic heterocycles. The van der Waals surface area contributed by atoms with Crippen molar-refractivity contribution < 1.29 is 4.74 Å². The zero-order valence-electron chi connectivity index (χ0n) is 10.9. The molecule has 1 aliphatic carbocycles. The number of nitrogens with two attached hydrogens (primary N) is 1. The number of anilines is 1. The molecule has 0 saturated heterocycles. The molecule has 0 radical (unpaired) electrons. The van der Waals surface area contributed by atoms with Crippen LogP contribution in [0.15, 0.2) is 0 Å². The highest BCUT2D eigenvalue weighted by molar-refractivity contribution is 5.44. The molecule has 0 atom stereocenters. The van der Waals surface area contributed by atoms with Gasteiger partial charge in [-0.25, -0.2) is 4.98 Å². The third kappa shape index (κ3) is 3.08. The standard InChI is InChI=1S/C13H21N3O/c1-8(2)12-15-11(14)9(3)13(16-12)17-7-6-10-4-5-10/h8,10H,4-7H2,1-3H3,(H2,14,15,16). The van der Waals surface area contributed by atoms with Gasteiger partial charge in [0.15, 0.2) is 0 Å². The van der Waals surface area contributed by atoms with Crippen LogP contribution >= 0.6 is 0 Å². The molecule has 0 spiro atoms. The van der Waals surface area contributed by atoms with Crippen LogP contribution in [0.4, 0.5) is 5.82 Å². The van der Waals surface area contributed by atoms with E-state index in [9.17, 15) is 0 Å². The first kappa shape index (κ1) is 12.1. The lowest BCUT2D eigenvalue weighted by Gasteiger charge is -2.12. The summed E-state index contributed by atoms with van der Waals surface area (Å²) in [5.74, 6) is 3.09. The highest BCUT2D eigenvalue weighted by atomic mass is 16.5.